The SMILES string of the molecule is COc1ccc(C(NCC(=O)N2CCC(C(=O)N3CCCCCC3)CC2)C2CC2)cc1. The molecule has 6 nitrogen and oxygen atoms in total. The smallest absolute Gasteiger partial charge is 0.236 e. The summed E-state index contributed by atoms with van der Waals surface area (Å²) >= 11 is 0. The Morgan fingerprint density at radius 1 is 0.935 bits per heavy atom. The number of carbonyl (C=O) groups excluding carboxylic acids is 2. The molecule has 1 N–H and O–H groups in total. The Bertz CT molecular complexity index is 731. The number of carbonyl (C=O) groups is 2. The van der Waals surface area contributed by atoms with Crippen LogP contribution in [0.1, 0.15) is 63.0 Å². The number of benzene rings is 1. The number of rotatable bonds is 7. The van der Waals surface area contributed by atoms with Gasteiger partial charge in [-0.25, -0.2) is 0 Å². The van der Waals surface area contributed by atoms with E-state index in [1.165, 1.54) is 31.2 Å². The van der Waals surface area contributed by atoms with E-state index in [0.29, 0.717) is 31.5 Å². The molecule has 1 unspecified atom stereocenters. The highest BCUT2D eigenvalue weighted by Gasteiger charge is 2.34. The Hall–Kier alpha value is -2.08. The van der Waals surface area contributed by atoms with Crippen LogP contribution in [-0.2, 0) is 9.59 Å². The van der Waals surface area contributed by atoms with Crippen LogP contribution in [0.25, 0.3) is 0 Å². The van der Waals surface area contributed by atoms with Gasteiger partial charge < -0.3 is 19.9 Å². The lowest BCUT2D eigenvalue weighted by Crippen LogP contribution is -2.47. The molecule has 0 spiro atoms. The Morgan fingerprint density at radius 2 is 1.58 bits per heavy atom. The van der Waals surface area contributed by atoms with Gasteiger partial charge in [-0.05, 0) is 62.1 Å². The molecule has 170 valence electrons. The molecular weight excluding hydrogens is 390 g/mol. The maximum absolute atomic E-state index is 12.9. The zero-order valence-corrected chi connectivity index (χ0v) is 18.9. The van der Waals surface area contributed by atoms with Gasteiger partial charge in [0.2, 0.25) is 11.8 Å². The molecule has 1 aromatic rings. The van der Waals surface area contributed by atoms with Crippen LogP contribution in [0, 0.1) is 11.8 Å². The van der Waals surface area contributed by atoms with E-state index in [2.05, 4.69) is 22.3 Å². The van der Waals surface area contributed by atoms with E-state index in [-0.39, 0.29) is 17.9 Å². The summed E-state index contributed by atoms with van der Waals surface area (Å²) in [6, 6.07) is 8.39. The second-order valence-corrected chi connectivity index (χ2v) is 9.36. The lowest BCUT2D eigenvalue weighted by molar-refractivity contribution is -0.140. The topological polar surface area (TPSA) is 61.9 Å². The average Bonchev–Trinajstić information content (AvgIpc) is 3.67. The highest BCUT2D eigenvalue weighted by Crippen LogP contribution is 2.41. The number of piperidine rings is 1. The molecule has 3 fully saturated rings. The zero-order chi connectivity index (χ0) is 21.6. The minimum Gasteiger partial charge on any atom is -0.497 e. The van der Waals surface area contributed by atoms with Crippen LogP contribution in [0.15, 0.2) is 24.3 Å². The van der Waals surface area contributed by atoms with Gasteiger partial charge in [0.05, 0.1) is 13.7 Å². The number of ether oxygens (including phenoxy) is 1. The van der Waals surface area contributed by atoms with E-state index in [9.17, 15) is 9.59 Å². The number of amides is 2. The van der Waals surface area contributed by atoms with Crippen molar-refractivity contribution in [3.8, 4) is 5.75 Å². The Balaban J connectivity index is 1.25. The summed E-state index contributed by atoms with van der Waals surface area (Å²) < 4.78 is 5.26. The van der Waals surface area contributed by atoms with Gasteiger partial charge in [-0.2, -0.15) is 0 Å². The second-order valence-electron chi connectivity index (χ2n) is 9.36. The first-order chi connectivity index (χ1) is 15.2. The van der Waals surface area contributed by atoms with Crippen molar-refractivity contribution in [1.29, 1.82) is 0 Å². The van der Waals surface area contributed by atoms with Crippen LogP contribution in [-0.4, -0.2) is 61.4 Å². The van der Waals surface area contributed by atoms with Gasteiger partial charge >= 0.3 is 0 Å². The van der Waals surface area contributed by atoms with E-state index in [0.717, 1.165) is 44.5 Å². The quantitative estimate of drug-likeness (QED) is 0.725. The van der Waals surface area contributed by atoms with Gasteiger partial charge in [0.25, 0.3) is 0 Å². The maximum Gasteiger partial charge on any atom is 0.236 e. The predicted octanol–water partition coefficient (Wildman–Crippen LogP) is 3.38. The van der Waals surface area contributed by atoms with E-state index < -0.39 is 0 Å². The van der Waals surface area contributed by atoms with Crippen molar-refractivity contribution in [2.24, 2.45) is 11.8 Å². The van der Waals surface area contributed by atoms with Crippen LogP contribution in [0.4, 0.5) is 0 Å². The third-order valence-corrected chi connectivity index (χ3v) is 7.16. The van der Waals surface area contributed by atoms with Crippen molar-refractivity contribution in [3.63, 3.8) is 0 Å². The van der Waals surface area contributed by atoms with Crippen molar-refractivity contribution < 1.29 is 14.3 Å². The normalized spacial score (nSPS) is 21.5. The molecule has 0 radical (unpaired) electrons. The molecule has 2 aliphatic heterocycles. The first-order valence-electron chi connectivity index (χ1n) is 12.1. The number of hydrogen-bond donors (Lipinski definition) is 1. The lowest BCUT2D eigenvalue weighted by Gasteiger charge is -2.34. The fraction of sp³-hybridized carbons (Fsp3) is 0.680. The molecule has 0 aromatic heterocycles. The van der Waals surface area contributed by atoms with Crippen molar-refractivity contribution in [2.75, 3.05) is 39.8 Å². The number of nitrogens with zero attached hydrogens (tertiary/aromatic N) is 2. The predicted molar refractivity (Wildman–Crippen MR) is 121 cm³/mol. The molecule has 2 saturated heterocycles. The van der Waals surface area contributed by atoms with Gasteiger partial charge in [-0.3, -0.25) is 9.59 Å². The van der Waals surface area contributed by atoms with Crippen molar-refractivity contribution >= 4 is 11.8 Å². The third-order valence-electron chi connectivity index (χ3n) is 7.16. The molecule has 1 aromatic carbocycles. The molecule has 1 saturated carbocycles. The molecule has 0 bridgehead atoms. The summed E-state index contributed by atoms with van der Waals surface area (Å²) in [5.74, 6) is 2.03. The zero-order valence-electron chi connectivity index (χ0n) is 18.9. The summed E-state index contributed by atoms with van der Waals surface area (Å²) in [5, 5.41) is 3.52. The minimum absolute atomic E-state index is 0.0913. The summed E-state index contributed by atoms with van der Waals surface area (Å²) in [7, 11) is 1.68. The van der Waals surface area contributed by atoms with Crippen molar-refractivity contribution in [3.05, 3.63) is 29.8 Å². The molecule has 2 heterocycles. The first-order valence-corrected chi connectivity index (χ1v) is 12.1. The van der Waals surface area contributed by atoms with Crippen LogP contribution < -0.4 is 10.1 Å². The van der Waals surface area contributed by atoms with Crippen LogP contribution in [0.3, 0.4) is 0 Å². The molecule has 6 heteroatoms. The van der Waals surface area contributed by atoms with E-state index in [1.54, 1.807) is 7.11 Å². The second kappa shape index (κ2) is 10.5. The molecular formula is C25H37N3O3. The lowest BCUT2D eigenvalue weighted by atomic mass is 9.95. The van der Waals surface area contributed by atoms with Crippen LogP contribution in [0.2, 0.25) is 0 Å². The summed E-state index contributed by atoms with van der Waals surface area (Å²) in [5.41, 5.74) is 1.22. The molecule has 1 aliphatic carbocycles. The summed E-state index contributed by atoms with van der Waals surface area (Å²) in [6.07, 6.45) is 8.75. The van der Waals surface area contributed by atoms with Gasteiger partial charge in [-0.15, -0.1) is 0 Å². The number of methoxy groups -OCH3 is 1. The highest BCUT2D eigenvalue weighted by atomic mass is 16.5. The Kier molecular flexibility index (Phi) is 7.49. The molecule has 2 amide bonds. The minimum atomic E-state index is 0.0913. The Morgan fingerprint density at radius 3 is 2.16 bits per heavy atom. The number of hydrogen-bond acceptors (Lipinski definition) is 4. The average molecular weight is 428 g/mol. The van der Waals surface area contributed by atoms with Gasteiger partial charge in [-0.1, -0.05) is 25.0 Å². The Labute approximate surface area is 186 Å². The molecule has 31 heavy (non-hydrogen) atoms. The van der Waals surface area contributed by atoms with Gasteiger partial charge in [0, 0.05) is 38.1 Å². The monoisotopic (exact) mass is 427 g/mol. The van der Waals surface area contributed by atoms with Crippen molar-refractivity contribution in [1.82, 2.24) is 15.1 Å². The van der Waals surface area contributed by atoms with Crippen molar-refractivity contribution in [2.45, 2.75) is 57.4 Å². The van der Waals surface area contributed by atoms with Gasteiger partial charge in [0.15, 0.2) is 0 Å². The van der Waals surface area contributed by atoms with E-state index in [1.807, 2.05) is 17.0 Å². The maximum atomic E-state index is 12.9. The molecule has 4 rings (SSSR count). The fourth-order valence-corrected chi connectivity index (χ4v) is 5.03. The number of likely N-dealkylation sites (tertiary alicyclic amines) is 2. The highest BCUT2D eigenvalue weighted by molar-refractivity contribution is 5.81. The van der Waals surface area contributed by atoms with Crippen LogP contribution >= 0.6 is 0 Å². The van der Waals surface area contributed by atoms with E-state index in [4.69, 9.17) is 4.74 Å². The number of nitrogens with one attached hydrogen (secondary N) is 1. The largest absolute Gasteiger partial charge is 0.497 e. The molecule has 3 aliphatic rings. The first kappa shape index (κ1) is 22.1. The van der Waals surface area contributed by atoms with Crippen LogP contribution in [0.5, 0.6) is 5.75 Å². The van der Waals surface area contributed by atoms with Gasteiger partial charge in [0.1, 0.15) is 5.75 Å². The summed E-state index contributed by atoms with van der Waals surface area (Å²) in [6.45, 7) is 3.58. The summed E-state index contributed by atoms with van der Waals surface area (Å²) in [4.78, 5) is 29.7. The standard InChI is InChI=1S/C25H37N3O3/c1-31-22-10-8-20(9-11-22)24(19-6-7-19)26-18-23(29)27-16-12-21(13-17-27)25(30)28-14-4-2-3-5-15-28/h8-11,19,21,24,26H,2-7,12-18H2,1H3. The van der Waals surface area contributed by atoms with E-state index >= 15 is 0 Å². The fourth-order valence-electron chi connectivity index (χ4n) is 5.03. The molecule has 1 atom stereocenters. The third kappa shape index (κ3) is 5.79.